The summed E-state index contributed by atoms with van der Waals surface area (Å²) in [5.74, 6) is -0.358. The molecular weight excluding hydrogens is 404 g/mol. The molecule has 1 atom stereocenters. The number of thiazole rings is 1. The van der Waals surface area contributed by atoms with Crippen LogP contribution in [0.15, 0.2) is 48.8 Å². The number of anilines is 1. The van der Waals surface area contributed by atoms with Gasteiger partial charge in [0, 0.05) is 12.4 Å². The van der Waals surface area contributed by atoms with Crippen LogP contribution < -0.4 is 10.1 Å². The highest BCUT2D eigenvalue weighted by Gasteiger charge is 2.24. The van der Waals surface area contributed by atoms with E-state index in [9.17, 15) is 9.59 Å². The Morgan fingerprint density at radius 3 is 2.77 bits per heavy atom. The number of aromatic nitrogens is 3. The maximum absolute atomic E-state index is 12.7. The highest BCUT2D eigenvalue weighted by atomic mass is 32.1. The lowest BCUT2D eigenvalue weighted by Gasteiger charge is -2.15. The van der Waals surface area contributed by atoms with Gasteiger partial charge in [-0.3, -0.25) is 20.1 Å². The number of nitrogens with zero attached hydrogens (tertiary/aromatic N) is 3. The van der Waals surface area contributed by atoms with Crippen LogP contribution in [0.3, 0.4) is 0 Å². The summed E-state index contributed by atoms with van der Waals surface area (Å²) in [6, 6.07) is 10.5. The number of ether oxygens (including phenoxy) is 2. The van der Waals surface area contributed by atoms with E-state index < -0.39 is 18.0 Å². The number of fused-ring (bicyclic) bond motifs is 2. The lowest BCUT2D eigenvalue weighted by molar-refractivity contribution is -0.124. The molecule has 152 valence electrons. The zero-order valence-corrected chi connectivity index (χ0v) is 17.1. The molecule has 0 saturated carbocycles. The summed E-state index contributed by atoms with van der Waals surface area (Å²) in [6.07, 6.45) is 2.40. The fourth-order valence-corrected chi connectivity index (χ4v) is 3.84. The highest BCUT2D eigenvalue weighted by Crippen LogP contribution is 2.29. The first-order valence-corrected chi connectivity index (χ1v) is 10.1. The summed E-state index contributed by atoms with van der Waals surface area (Å²) >= 11 is 1.32. The Bertz CT molecular complexity index is 1230. The van der Waals surface area contributed by atoms with Crippen molar-refractivity contribution in [2.24, 2.45) is 0 Å². The Labute approximate surface area is 175 Å². The van der Waals surface area contributed by atoms with Gasteiger partial charge in [-0.05, 0) is 36.8 Å². The molecule has 0 saturated heterocycles. The third-order valence-electron chi connectivity index (χ3n) is 4.46. The zero-order valence-electron chi connectivity index (χ0n) is 16.3. The van der Waals surface area contributed by atoms with Crippen molar-refractivity contribution in [3.63, 3.8) is 0 Å². The number of amides is 1. The molecule has 0 aliphatic heterocycles. The summed E-state index contributed by atoms with van der Waals surface area (Å²) in [6.45, 7) is 1.77. The van der Waals surface area contributed by atoms with Gasteiger partial charge in [-0.1, -0.05) is 24.3 Å². The second-order valence-electron chi connectivity index (χ2n) is 6.37. The van der Waals surface area contributed by atoms with Crippen LogP contribution in [-0.2, 0) is 9.53 Å². The lowest BCUT2D eigenvalue weighted by Crippen LogP contribution is -2.32. The normalized spacial score (nSPS) is 11.9. The van der Waals surface area contributed by atoms with Gasteiger partial charge in [0.15, 0.2) is 11.2 Å². The second kappa shape index (κ2) is 8.42. The molecule has 8 nitrogen and oxygen atoms in total. The topological polar surface area (TPSA) is 103 Å². The Hall–Kier alpha value is -3.59. The van der Waals surface area contributed by atoms with Crippen molar-refractivity contribution in [2.75, 3.05) is 12.4 Å². The number of esters is 1. The molecule has 0 aliphatic rings. The van der Waals surface area contributed by atoms with Crippen LogP contribution in [0, 0.1) is 0 Å². The average molecular weight is 422 g/mol. The van der Waals surface area contributed by atoms with Gasteiger partial charge in [0.25, 0.3) is 5.91 Å². The van der Waals surface area contributed by atoms with Crippen molar-refractivity contribution >= 4 is 49.6 Å². The molecule has 1 unspecified atom stereocenters. The van der Waals surface area contributed by atoms with Gasteiger partial charge in [0.2, 0.25) is 0 Å². The molecule has 30 heavy (non-hydrogen) atoms. The first-order chi connectivity index (χ1) is 14.6. The molecule has 0 aliphatic carbocycles. The Balaban J connectivity index is 1.50. The number of para-hydroxylation sites is 1. The minimum atomic E-state index is -0.967. The first kappa shape index (κ1) is 19.7. The van der Waals surface area contributed by atoms with Crippen LogP contribution in [-0.4, -0.2) is 40.0 Å². The van der Waals surface area contributed by atoms with Gasteiger partial charge >= 0.3 is 5.97 Å². The van der Waals surface area contributed by atoms with Crippen molar-refractivity contribution in [1.29, 1.82) is 0 Å². The fourth-order valence-electron chi connectivity index (χ4n) is 2.94. The van der Waals surface area contributed by atoms with Crippen LogP contribution in [0.5, 0.6) is 5.75 Å². The minimum absolute atomic E-state index is 0.263. The minimum Gasteiger partial charge on any atom is -0.497 e. The molecule has 0 spiro atoms. The highest BCUT2D eigenvalue weighted by molar-refractivity contribution is 7.22. The monoisotopic (exact) mass is 422 g/mol. The van der Waals surface area contributed by atoms with Crippen LogP contribution >= 0.6 is 11.3 Å². The van der Waals surface area contributed by atoms with Crippen molar-refractivity contribution in [2.45, 2.75) is 19.4 Å². The molecule has 4 rings (SSSR count). The van der Waals surface area contributed by atoms with E-state index in [0.29, 0.717) is 28.3 Å². The van der Waals surface area contributed by atoms with Gasteiger partial charge in [0.05, 0.1) is 28.4 Å². The Morgan fingerprint density at radius 2 is 1.97 bits per heavy atom. The third-order valence-corrected chi connectivity index (χ3v) is 5.39. The van der Waals surface area contributed by atoms with E-state index >= 15 is 0 Å². The molecule has 1 amide bonds. The number of rotatable bonds is 6. The van der Waals surface area contributed by atoms with Crippen molar-refractivity contribution < 1.29 is 19.1 Å². The van der Waals surface area contributed by atoms with E-state index in [1.165, 1.54) is 17.5 Å². The molecule has 9 heteroatoms. The number of hydrogen-bond donors (Lipinski definition) is 1. The number of nitrogens with one attached hydrogen (secondary N) is 1. The summed E-state index contributed by atoms with van der Waals surface area (Å²) in [5.41, 5.74) is 2.02. The average Bonchev–Trinajstić information content (AvgIpc) is 3.17. The SMILES string of the molecule is CCC(OC(=O)c1cccc2nccnc12)C(=O)Nc1nc2ccc(OC)cc2s1. The van der Waals surface area contributed by atoms with Gasteiger partial charge in [-0.25, -0.2) is 9.78 Å². The molecule has 2 heterocycles. The van der Waals surface area contributed by atoms with Gasteiger partial charge in [-0.15, -0.1) is 0 Å². The van der Waals surface area contributed by atoms with Crippen LogP contribution in [0.25, 0.3) is 21.3 Å². The maximum Gasteiger partial charge on any atom is 0.341 e. The van der Waals surface area contributed by atoms with Crippen LogP contribution in [0.2, 0.25) is 0 Å². The molecule has 1 N–H and O–H groups in total. The largest absolute Gasteiger partial charge is 0.497 e. The van der Waals surface area contributed by atoms with E-state index in [-0.39, 0.29) is 5.56 Å². The summed E-state index contributed by atoms with van der Waals surface area (Å²) in [7, 11) is 1.59. The molecule has 4 aromatic rings. The molecule has 0 fully saturated rings. The predicted molar refractivity (Wildman–Crippen MR) is 114 cm³/mol. The summed E-state index contributed by atoms with van der Waals surface area (Å²) < 4.78 is 11.6. The third kappa shape index (κ3) is 3.92. The Morgan fingerprint density at radius 1 is 1.13 bits per heavy atom. The van der Waals surface area contributed by atoms with E-state index in [0.717, 1.165) is 10.2 Å². The van der Waals surface area contributed by atoms with E-state index in [1.807, 2.05) is 12.1 Å². The van der Waals surface area contributed by atoms with Crippen molar-refractivity contribution in [3.8, 4) is 5.75 Å². The molecule has 0 radical (unpaired) electrons. The summed E-state index contributed by atoms with van der Waals surface area (Å²) in [4.78, 5) is 38.2. The predicted octanol–water partition coefficient (Wildman–Crippen LogP) is 3.82. The van der Waals surface area contributed by atoms with Gasteiger partial charge < -0.3 is 9.47 Å². The zero-order chi connectivity index (χ0) is 21.1. The maximum atomic E-state index is 12.7. The van der Waals surface area contributed by atoms with Gasteiger partial charge in [0.1, 0.15) is 11.3 Å². The van der Waals surface area contributed by atoms with Crippen LogP contribution in [0.1, 0.15) is 23.7 Å². The van der Waals surface area contributed by atoms with E-state index in [2.05, 4.69) is 20.3 Å². The smallest absolute Gasteiger partial charge is 0.341 e. The second-order valence-corrected chi connectivity index (χ2v) is 7.40. The molecule has 0 bridgehead atoms. The van der Waals surface area contributed by atoms with E-state index in [1.54, 1.807) is 44.5 Å². The van der Waals surface area contributed by atoms with E-state index in [4.69, 9.17) is 9.47 Å². The molecular formula is C21H18N4O4S. The standard InChI is InChI=1S/C21H18N4O4S/c1-3-16(29-20(27)13-5-4-6-15-18(13)23-10-9-22-15)19(26)25-21-24-14-8-7-12(28-2)11-17(14)30-21/h4-11,16H,3H2,1-2H3,(H,24,25,26). The Kier molecular flexibility index (Phi) is 5.53. The molecule has 2 aromatic heterocycles. The van der Waals surface area contributed by atoms with Crippen molar-refractivity contribution in [3.05, 3.63) is 54.4 Å². The number of carbonyl (C=O) groups excluding carboxylic acids is 2. The lowest BCUT2D eigenvalue weighted by atomic mass is 10.1. The number of methoxy groups -OCH3 is 1. The quantitative estimate of drug-likeness (QED) is 0.471. The fraction of sp³-hybridized carbons (Fsp3) is 0.190. The van der Waals surface area contributed by atoms with Gasteiger partial charge in [-0.2, -0.15) is 0 Å². The van der Waals surface area contributed by atoms with Crippen molar-refractivity contribution in [1.82, 2.24) is 15.0 Å². The number of benzene rings is 2. The summed E-state index contributed by atoms with van der Waals surface area (Å²) in [5, 5.41) is 3.16. The first-order valence-electron chi connectivity index (χ1n) is 9.25. The van der Waals surface area contributed by atoms with Crippen LogP contribution in [0.4, 0.5) is 5.13 Å². The molecule has 2 aromatic carbocycles. The number of hydrogen-bond acceptors (Lipinski definition) is 8. The number of carbonyl (C=O) groups is 2.